The van der Waals surface area contributed by atoms with E-state index in [9.17, 15) is 0 Å². The van der Waals surface area contributed by atoms with Gasteiger partial charge < -0.3 is 0 Å². The summed E-state index contributed by atoms with van der Waals surface area (Å²) in [6.45, 7) is 0. The van der Waals surface area contributed by atoms with Crippen LogP contribution in [0.3, 0.4) is 0 Å². The Morgan fingerprint density at radius 2 is 0.759 bits per heavy atom. The minimum Gasteiger partial charge on any atom is -0.135 e. The SMILES string of the molecule is c1ccc(-c2c3ccccc3c(-c3ccc(-c4ccc5cc6c(cc5c4)sc4cc5sc7ccccc7c5cc46)c4ccccc34)c3ccccc23)cc1. The molecule has 0 bridgehead atoms. The maximum absolute atomic E-state index is 2.43. The number of hydrogen-bond acceptors (Lipinski definition) is 2. The molecule has 0 saturated heterocycles. The molecule has 0 radical (unpaired) electrons. The van der Waals surface area contributed by atoms with Crippen molar-refractivity contribution in [1.29, 1.82) is 0 Å². The molecule has 0 fully saturated rings. The minimum atomic E-state index is 1.24. The summed E-state index contributed by atoms with van der Waals surface area (Å²) in [6.07, 6.45) is 0. The van der Waals surface area contributed by atoms with Gasteiger partial charge in [0.15, 0.2) is 0 Å². The Hall–Kier alpha value is -6.32. The molecular weight excluding hydrogens is 689 g/mol. The third-order valence-electron chi connectivity index (χ3n) is 11.4. The van der Waals surface area contributed by atoms with Crippen molar-refractivity contribution >= 4 is 106 Å². The maximum Gasteiger partial charge on any atom is 0.0369 e. The van der Waals surface area contributed by atoms with Gasteiger partial charge in [-0.15, -0.1) is 22.7 Å². The molecule has 2 heteroatoms. The number of fused-ring (bicyclic) bond motifs is 10. The van der Waals surface area contributed by atoms with Crippen LogP contribution in [-0.4, -0.2) is 0 Å². The summed E-state index contributed by atoms with van der Waals surface area (Å²) in [5.41, 5.74) is 7.60. The van der Waals surface area contributed by atoms with Crippen LogP contribution in [0.5, 0.6) is 0 Å². The first-order chi connectivity index (χ1) is 26.8. The van der Waals surface area contributed by atoms with E-state index in [4.69, 9.17) is 0 Å². The lowest BCUT2D eigenvalue weighted by atomic mass is 9.84. The average Bonchev–Trinajstić information content (AvgIpc) is 3.77. The number of thiophene rings is 2. The van der Waals surface area contributed by atoms with Gasteiger partial charge in [0.25, 0.3) is 0 Å². The van der Waals surface area contributed by atoms with Crippen LogP contribution < -0.4 is 0 Å². The Morgan fingerprint density at radius 3 is 1.48 bits per heavy atom. The highest BCUT2D eigenvalue weighted by atomic mass is 32.1. The zero-order valence-corrected chi connectivity index (χ0v) is 30.8. The summed E-state index contributed by atoms with van der Waals surface area (Å²) in [6, 6.07) is 67.9. The second kappa shape index (κ2) is 11.6. The highest BCUT2D eigenvalue weighted by molar-refractivity contribution is 7.28. The van der Waals surface area contributed by atoms with Crippen molar-refractivity contribution in [3.05, 3.63) is 182 Å². The molecule has 10 aromatic carbocycles. The van der Waals surface area contributed by atoms with Crippen molar-refractivity contribution in [3.63, 3.8) is 0 Å². The van der Waals surface area contributed by atoms with Gasteiger partial charge in [0, 0.05) is 40.3 Å². The molecule has 0 spiro atoms. The van der Waals surface area contributed by atoms with Crippen LogP contribution in [0, 0.1) is 0 Å². The first-order valence-corrected chi connectivity index (χ1v) is 20.1. The summed E-state index contributed by atoms with van der Waals surface area (Å²) in [4.78, 5) is 0. The maximum atomic E-state index is 2.43. The largest absolute Gasteiger partial charge is 0.135 e. The Bertz CT molecular complexity index is 3430. The average molecular weight is 719 g/mol. The number of hydrogen-bond donors (Lipinski definition) is 0. The molecule has 12 rings (SSSR count). The van der Waals surface area contributed by atoms with Gasteiger partial charge in [-0.25, -0.2) is 0 Å². The second-order valence-electron chi connectivity index (χ2n) is 14.4. The summed E-state index contributed by atoms with van der Waals surface area (Å²) in [7, 11) is 0. The molecule has 54 heavy (non-hydrogen) atoms. The molecule has 0 aliphatic rings. The molecule has 0 nitrogen and oxygen atoms in total. The van der Waals surface area contributed by atoms with E-state index in [1.54, 1.807) is 0 Å². The molecular formula is C52H30S2. The minimum absolute atomic E-state index is 1.24. The zero-order chi connectivity index (χ0) is 35.3. The van der Waals surface area contributed by atoms with E-state index in [2.05, 4.69) is 182 Å². The predicted molar refractivity (Wildman–Crippen MR) is 239 cm³/mol. The molecule has 0 saturated carbocycles. The molecule has 0 amide bonds. The smallest absolute Gasteiger partial charge is 0.0369 e. The van der Waals surface area contributed by atoms with Gasteiger partial charge in [0.2, 0.25) is 0 Å². The molecule has 0 aliphatic carbocycles. The predicted octanol–water partition coefficient (Wildman–Crippen LogP) is 16.0. The quantitative estimate of drug-likeness (QED) is 0.160. The monoisotopic (exact) mass is 718 g/mol. The molecule has 12 aromatic rings. The van der Waals surface area contributed by atoms with Crippen LogP contribution in [0.2, 0.25) is 0 Å². The summed E-state index contributed by atoms with van der Waals surface area (Å²) in [5, 5.41) is 15.6. The third kappa shape index (κ3) is 4.42. The molecule has 0 atom stereocenters. The van der Waals surface area contributed by atoms with Gasteiger partial charge in [-0.2, -0.15) is 0 Å². The third-order valence-corrected chi connectivity index (χ3v) is 13.7. The highest BCUT2D eigenvalue weighted by Crippen LogP contribution is 2.47. The van der Waals surface area contributed by atoms with Crippen LogP contribution in [0.4, 0.5) is 0 Å². The Kier molecular flexibility index (Phi) is 6.48. The fourth-order valence-electron chi connectivity index (χ4n) is 9.01. The van der Waals surface area contributed by atoms with E-state index in [1.165, 1.54) is 117 Å². The van der Waals surface area contributed by atoms with Crippen molar-refractivity contribution in [2.75, 3.05) is 0 Å². The fraction of sp³-hybridized carbons (Fsp3) is 0. The molecule has 0 aliphatic heterocycles. The van der Waals surface area contributed by atoms with Gasteiger partial charge in [0.05, 0.1) is 0 Å². The normalized spacial score (nSPS) is 12.1. The van der Waals surface area contributed by atoms with Gasteiger partial charge in [-0.05, 0) is 113 Å². The van der Waals surface area contributed by atoms with Crippen LogP contribution in [0.25, 0.3) is 117 Å². The van der Waals surface area contributed by atoms with Crippen molar-refractivity contribution in [1.82, 2.24) is 0 Å². The van der Waals surface area contributed by atoms with Crippen molar-refractivity contribution in [2.24, 2.45) is 0 Å². The molecule has 2 aromatic heterocycles. The van der Waals surface area contributed by atoms with Gasteiger partial charge in [0.1, 0.15) is 0 Å². The van der Waals surface area contributed by atoms with Crippen LogP contribution in [0.1, 0.15) is 0 Å². The lowest BCUT2D eigenvalue weighted by Gasteiger charge is -2.19. The Labute approximate surface area is 319 Å². The molecule has 2 heterocycles. The highest BCUT2D eigenvalue weighted by Gasteiger charge is 2.19. The number of benzene rings is 10. The van der Waals surface area contributed by atoms with E-state index < -0.39 is 0 Å². The van der Waals surface area contributed by atoms with Crippen LogP contribution in [0.15, 0.2) is 182 Å². The summed E-state index contributed by atoms with van der Waals surface area (Å²) in [5.74, 6) is 0. The van der Waals surface area contributed by atoms with Gasteiger partial charge in [-0.3, -0.25) is 0 Å². The lowest BCUT2D eigenvalue weighted by Crippen LogP contribution is -1.92. The first kappa shape index (κ1) is 30.2. The summed E-state index contributed by atoms with van der Waals surface area (Å²) >= 11 is 3.81. The van der Waals surface area contributed by atoms with Gasteiger partial charge >= 0.3 is 0 Å². The number of rotatable bonds is 3. The van der Waals surface area contributed by atoms with Crippen LogP contribution in [-0.2, 0) is 0 Å². The fourth-order valence-corrected chi connectivity index (χ4v) is 11.4. The first-order valence-electron chi connectivity index (χ1n) is 18.5. The standard InChI is InChI=1S/C52H30S2/c1-2-12-31(13-3-1)51-39-17-6-8-19-41(39)52(42-20-9-7-18-40(42)51)43-25-24-35(36-14-4-5-15-37(36)43)33-23-22-32-27-44-46-29-45-38-16-10-11-21-47(38)53-49(45)30-50(46)54-48(44)28-34(32)26-33/h1-30H. The molecule has 0 N–H and O–H groups in total. The van der Waals surface area contributed by atoms with E-state index in [0.717, 1.165) is 0 Å². The van der Waals surface area contributed by atoms with E-state index >= 15 is 0 Å². The second-order valence-corrected chi connectivity index (χ2v) is 16.5. The topological polar surface area (TPSA) is 0 Å². The lowest BCUT2D eigenvalue weighted by molar-refractivity contribution is 1.65. The Morgan fingerprint density at radius 1 is 0.241 bits per heavy atom. The van der Waals surface area contributed by atoms with Crippen molar-refractivity contribution in [3.8, 4) is 33.4 Å². The Balaban J connectivity index is 1.04. The van der Waals surface area contributed by atoms with E-state index in [1.807, 2.05) is 22.7 Å². The van der Waals surface area contributed by atoms with Crippen molar-refractivity contribution < 1.29 is 0 Å². The molecule has 250 valence electrons. The summed E-state index contributed by atoms with van der Waals surface area (Å²) < 4.78 is 5.42. The van der Waals surface area contributed by atoms with E-state index in [-0.39, 0.29) is 0 Å². The zero-order valence-electron chi connectivity index (χ0n) is 29.1. The van der Waals surface area contributed by atoms with E-state index in [0.29, 0.717) is 0 Å². The molecule has 0 unspecified atom stereocenters. The van der Waals surface area contributed by atoms with Gasteiger partial charge in [-0.1, -0.05) is 146 Å². The van der Waals surface area contributed by atoms with Crippen LogP contribution >= 0.6 is 22.7 Å². The van der Waals surface area contributed by atoms with Crippen molar-refractivity contribution in [2.45, 2.75) is 0 Å².